The first kappa shape index (κ1) is 14.6. The van der Waals surface area contributed by atoms with Gasteiger partial charge in [-0.3, -0.25) is 10.0 Å². The van der Waals surface area contributed by atoms with Gasteiger partial charge < -0.3 is 0 Å². The van der Waals surface area contributed by atoms with Gasteiger partial charge in [0.25, 0.3) is 0 Å². The molecule has 23 heavy (non-hydrogen) atoms. The molecule has 0 radical (unpaired) electrons. The molecule has 0 aromatic heterocycles. The highest BCUT2D eigenvalue weighted by Gasteiger charge is 2.32. The van der Waals surface area contributed by atoms with Crippen molar-refractivity contribution in [3.05, 3.63) is 70.4 Å². The summed E-state index contributed by atoms with van der Waals surface area (Å²) in [4.78, 5) is 0. The molecule has 2 nitrogen and oxygen atoms in total. The molecule has 3 heteroatoms. The molecule has 118 valence electrons. The molecule has 1 saturated heterocycles. The van der Waals surface area contributed by atoms with Crippen molar-refractivity contribution in [2.24, 2.45) is 0 Å². The van der Waals surface area contributed by atoms with E-state index in [1.807, 2.05) is 12.1 Å². The predicted octanol–water partition coefficient (Wildman–Crippen LogP) is 5.28. The van der Waals surface area contributed by atoms with E-state index in [0.29, 0.717) is 0 Å². The van der Waals surface area contributed by atoms with Gasteiger partial charge in [0, 0.05) is 22.8 Å². The van der Waals surface area contributed by atoms with Crippen LogP contribution < -0.4 is 5.01 Å². The lowest BCUT2D eigenvalue weighted by molar-refractivity contribution is 0.294. The number of nitrogens with zero attached hydrogens (tertiary/aromatic N) is 2. The minimum absolute atomic E-state index is 0.797. The largest absolute Gasteiger partial charge is 0.289 e. The van der Waals surface area contributed by atoms with E-state index < -0.39 is 0 Å². The number of allylic oxidation sites excluding steroid dienone is 1. The molecule has 2 heterocycles. The fourth-order valence-electron chi connectivity index (χ4n) is 3.74. The van der Waals surface area contributed by atoms with Crippen LogP contribution in [0.1, 0.15) is 30.4 Å². The maximum Gasteiger partial charge on any atom is 0.0670 e. The zero-order chi connectivity index (χ0) is 15.8. The number of hydrogen-bond acceptors (Lipinski definition) is 2. The fourth-order valence-corrected chi connectivity index (χ4v) is 3.92. The number of benzene rings is 2. The van der Waals surface area contributed by atoms with E-state index in [-0.39, 0.29) is 0 Å². The first-order valence-corrected chi connectivity index (χ1v) is 8.70. The number of piperidine rings is 1. The van der Waals surface area contributed by atoms with Crippen LogP contribution in [-0.4, -0.2) is 18.1 Å². The Labute approximate surface area is 142 Å². The van der Waals surface area contributed by atoms with Crippen molar-refractivity contribution >= 4 is 22.9 Å². The lowest BCUT2D eigenvalue weighted by Crippen LogP contribution is -2.39. The van der Waals surface area contributed by atoms with Crippen LogP contribution in [0.15, 0.2) is 54.2 Å². The number of halogens is 1. The third-order valence-electron chi connectivity index (χ3n) is 4.87. The van der Waals surface area contributed by atoms with Crippen molar-refractivity contribution in [2.45, 2.75) is 26.2 Å². The normalized spacial score (nSPS) is 17.7. The van der Waals surface area contributed by atoms with Gasteiger partial charge in [-0.25, -0.2) is 0 Å². The topological polar surface area (TPSA) is 6.48 Å². The summed E-state index contributed by atoms with van der Waals surface area (Å²) in [6.07, 6.45) is 3.70. The number of hydrazine groups is 1. The Morgan fingerprint density at radius 1 is 0.957 bits per heavy atom. The van der Waals surface area contributed by atoms with Crippen molar-refractivity contribution in [3.63, 3.8) is 0 Å². The number of hydrogen-bond donors (Lipinski definition) is 0. The molecule has 4 rings (SSSR count). The average Bonchev–Trinajstić information content (AvgIpc) is 2.95. The Morgan fingerprint density at radius 2 is 1.83 bits per heavy atom. The molecule has 0 amide bonds. The van der Waals surface area contributed by atoms with Gasteiger partial charge in [-0.05, 0) is 55.5 Å². The predicted molar refractivity (Wildman–Crippen MR) is 97.5 cm³/mol. The maximum atomic E-state index is 6.22. The number of rotatable bonds is 2. The molecule has 0 saturated carbocycles. The van der Waals surface area contributed by atoms with E-state index in [1.165, 1.54) is 47.3 Å². The zero-order valence-electron chi connectivity index (χ0n) is 13.4. The number of aryl methyl sites for hydroxylation is 1. The Balaban J connectivity index is 1.76. The highest BCUT2D eigenvalue weighted by molar-refractivity contribution is 6.30. The third-order valence-corrected chi connectivity index (χ3v) is 5.10. The van der Waals surface area contributed by atoms with Crippen LogP contribution in [0.5, 0.6) is 0 Å². The van der Waals surface area contributed by atoms with Crippen LogP contribution in [0, 0.1) is 6.92 Å². The summed E-state index contributed by atoms with van der Waals surface area (Å²) in [5.74, 6) is 0. The molecule has 0 N–H and O–H groups in total. The van der Waals surface area contributed by atoms with E-state index >= 15 is 0 Å². The highest BCUT2D eigenvalue weighted by Crippen LogP contribution is 2.40. The molecular formula is C20H21ClN2. The smallest absolute Gasteiger partial charge is 0.0670 e. The van der Waals surface area contributed by atoms with Crippen LogP contribution in [0.2, 0.25) is 5.02 Å². The standard InChI is InChI=1S/C20H21ClN2/c1-15-7-2-3-10-18(15)19-14-23(17-9-6-8-16(21)13-17)22-12-5-4-11-20(19)22/h2-3,6-10,13H,4-5,11-12,14H2,1H3. The van der Waals surface area contributed by atoms with E-state index in [4.69, 9.17) is 11.6 Å². The minimum atomic E-state index is 0.797. The second kappa shape index (κ2) is 5.93. The van der Waals surface area contributed by atoms with Gasteiger partial charge in [0.15, 0.2) is 0 Å². The summed E-state index contributed by atoms with van der Waals surface area (Å²) in [6, 6.07) is 16.9. The van der Waals surface area contributed by atoms with Crippen molar-refractivity contribution < 1.29 is 0 Å². The molecule has 2 aliphatic rings. The summed E-state index contributed by atoms with van der Waals surface area (Å²) < 4.78 is 0. The van der Waals surface area contributed by atoms with Gasteiger partial charge in [-0.2, -0.15) is 0 Å². The van der Waals surface area contributed by atoms with E-state index in [9.17, 15) is 0 Å². The molecule has 0 bridgehead atoms. The summed E-state index contributed by atoms with van der Waals surface area (Å²) >= 11 is 6.22. The second-order valence-electron chi connectivity index (χ2n) is 6.36. The maximum absolute atomic E-state index is 6.22. The van der Waals surface area contributed by atoms with Gasteiger partial charge in [-0.1, -0.05) is 41.9 Å². The van der Waals surface area contributed by atoms with Gasteiger partial charge in [-0.15, -0.1) is 0 Å². The summed E-state index contributed by atoms with van der Waals surface area (Å²) in [6.45, 7) is 4.23. The van der Waals surface area contributed by atoms with Crippen LogP contribution >= 0.6 is 11.6 Å². The quantitative estimate of drug-likeness (QED) is 0.741. The van der Waals surface area contributed by atoms with Gasteiger partial charge >= 0.3 is 0 Å². The first-order chi connectivity index (χ1) is 11.2. The highest BCUT2D eigenvalue weighted by atomic mass is 35.5. The van der Waals surface area contributed by atoms with Crippen LogP contribution in [0.25, 0.3) is 5.57 Å². The number of fused-ring (bicyclic) bond motifs is 1. The molecule has 0 atom stereocenters. The zero-order valence-corrected chi connectivity index (χ0v) is 14.2. The second-order valence-corrected chi connectivity index (χ2v) is 6.79. The van der Waals surface area contributed by atoms with Crippen LogP contribution in [0.3, 0.4) is 0 Å². The van der Waals surface area contributed by atoms with Crippen molar-refractivity contribution in [1.29, 1.82) is 0 Å². The molecule has 2 aromatic rings. The molecule has 2 aliphatic heterocycles. The van der Waals surface area contributed by atoms with Crippen molar-refractivity contribution in [2.75, 3.05) is 18.1 Å². The van der Waals surface area contributed by atoms with Crippen molar-refractivity contribution in [3.8, 4) is 0 Å². The van der Waals surface area contributed by atoms with E-state index in [2.05, 4.69) is 53.3 Å². The number of anilines is 1. The lowest BCUT2D eigenvalue weighted by atomic mass is 9.96. The molecule has 0 unspecified atom stereocenters. The average molecular weight is 325 g/mol. The molecule has 0 aliphatic carbocycles. The fraction of sp³-hybridized carbons (Fsp3) is 0.300. The Kier molecular flexibility index (Phi) is 3.78. The molecular weight excluding hydrogens is 304 g/mol. The summed E-state index contributed by atoms with van der Waals surface area (Å²) in [7, 11) is 0. The Hall–Kier alpha value is -1.93. The summed E-state index contributed by atoms with van der Waals surface area (Å²) in [5, 5.41) is 5.66. The minimum Gasteiger partial charge on any atom is -0.289 e. The van der Waals surface area contributed by atoms with E-state index in [1.54, 1.807) is 0 Å². The lowest BCUT2D eigenvalue weighted by Gasteiger charge is -2.36. The monoisotopic (exact) mass is 324 g/mol. The van der Waals surface area contributed by atoms with E-state index in [0.717, 1.165) is 18.1 Å². The van der Waals surface area contributed by atoms with Crippen LogP contribution in [-0.2, 0) is 0 Å². The molecule has 0 spiro atoms. The van der Waals surface area contributed by atoms with Crippen LogP contribution in [0.4, 0.5) is 5.69 Å². The van der Waals surface area contributed by atoms with Gasteiger partial charge in [0.05, 0.1) is 12.2 Å². The van der Waals surface area contributed by atoms with Gasteiger partial charge in [0.1, 0.15) is 0 Å². The Morgan fingerprint density at radius 3 is 2.65 bits per heavy atom. The molecule has 1 fully saturated rings. The molecule has 2 aromatic carbocycles. The SMILES string of the molecule is Cc1ccccc1C1=C2CCCCN2N(c2cccc(Cl)c2)C1. The Bertz CT molecular complexity index is 766. The summed E-state index contributed by atoms with van der Waals surface area (Å²) in [5.41, 5.74) is 6.89. The van der Waals surface area contributed by atoms with Crippen molar-refractivity contribution in [1.82, 2.24) is 5.01 Å². The van der Waals surface area contributed by atoms with Gasteiger partial charge in [0.2, 0.25) is 0 Å². The first-order valence-electron chi connectivity index (χ1n) is 8.32. The third kappa shape index (κ3) is 2.61.